The van der Waals surface area contributed by atoms with Crippen molar-refractivity contribution in [2.45, 2.75) is 19.3 Å². The van der Waals surface area contributed by atoms with Crippen LogP contribution in [0, 0.1) is 0 Å². The van der Waals surface area contributed by atoms with Gasteiger partial charge in [0.15, 0.2) is 0 Å². The first-order chi connectivity index (χ1) is 18.6. The van der Waals surface area contributed by atoms with E-state index in [0.717, 1.165) is 17.1 Å². The highest BCUT2D eigenvalue weighted by Gasteiger charge is 2.35. The summed E-state index contributed by atoms with van der Waals surface area (Å²) in [5.41, 5.74) is 12.8. The second kappa shape index (κ2) is 7.69. The fourth-order valence-electron chi connectivity index (χ4n) is 6.59. The van der Waals surface area contributed by atoms with Crippen molar-refractivity contribution >= 4 is 10.8 Å². The quantitative estimate of drug-likeness (QED) is 0.236. The van der Waals surface area contributed by atoms with Crippen molar-refractivity contribution in [3.63, 3.8) is 0 Å². The smallest absolute Gasteiger partial charge is 0.135 e. The van der Waals surface area contributed by atoms with Crippen LogP contribution in [0.2, 0.25) is 0 Å². The maximum absolute atomic E-state index is 6.36. The van der Waals surface area contributed by atoms with Gasteiger partial charge in [0.05, 0.1) is 0 Å². The fraction of sp³-hybridized carbons (Fsp3) is 0.0811. The Morgan fingerprint density at radius 3 is 1.89 bits per heavy atom. The lowest BCUT2D eigenvalue weighted by Crippen LogP contribution is -2.14. The van der Waals surface area contributed by atoms with Gasteiger partial charge >= 0.3 is 0 Å². The van der Waals surface area contributed by atoms with E-state index in [1.807, 2.05) is 0 Å². The molecule has 1 heteroatoms. The van der Waals surface area contributed by atoms with Crippen LogP contribution in [0.25, 0.3) is 55.3 Å². The summed E-state index contributed by atoms with van der Waals surface area (Å²) in [6, 6.07) is 44.0. The van der Waals surface area contributed by atoms with Crippen molar-refractivity contribution < 1.29 is 4.74 Å². The average Bonchev–Trinajstić information content (AvgIpc) is 3.19. The van der Waals surface area contributed by atoms with Crippen LogP contribution < -0.4 is 4.74 Å². The number of fused-ring (bicyclic) bond motifs is 5. The van der Waals surface area contributed by atoms with Crippen LogP contribution >= 0.6 is 0 Å². The summed E-state index contributed by atoms with van der Waals surface area (Å²) in [4.78, 5) is 0. The highest BCUT2D eigenvalue weighted by molar-refractivity contribution is 6.04. The van der Waals surface area contributed by atoms with Crippen LogP contribution in [0.5, 0.6) is 11.5 Å². The minimum atomic E-state index is -0.0217. The lowest BCUT2D eigenvalue weighted by Gasteiger charge is -2.23. The molecule has 0 saturated heterocycles. The Morgan fingerprint density at radius 1 is 0.447 bits per heavy atom. The molecule has 38 heavy (non-hydrogen) atoms. The van der Waals surface area contributed by atoms with Gasteiger partial charge < -0.3 is 4.74 Å². The van der Waals surface area contributed by atoms with E-state index in [-0.39, 0.29) is 5.41 Å². The zero-order valence-corrected chi connectivity index (χ0v) is 21.5. The van der Waals surface area contributed by atoms with Gasteiger partial charge in [0.1, 0.15) is 11.5 Å². The summed E-state index contributed by atoms with van der Waals surface area (Å²) >= 11 is 0. The topological polar surface area (TPSA) is 9.23 Å². The zero-order valence-electron chi connectivity index (χ0n) is 21.5. The van der Waals surface area contributed by atoms with Gasteiger partial charge in [0.2, 0.25) is 0 Å². The van der Waals surface area contributed by atoms with E-state index in [0.29, 0.717) is 0 Å². The van der Waals surface area contributed by atoms with Gasteiger partial charge in [0, 0.05) is 16.4 Å². The summed E-state index contributed by atoms with van der Waals surface area (Å²) in [7, 11) is 0. The monoisotopic (exact) mass is 486 g/mol. The Bertz CT molecular complexity index is 1920. The van der Waals surface area contributed by atoms with Crippen LogP contribution in [0.1, 0.15) is 25.0 Å². The molecule has 1 nitrogen and oxygen atoms in total. The molecule has 180 valence electrons. The molecule has 1 aliphatic carbocycles. The second-order valence-electron chi connectivity index (χ2n) is 10.9. The van der Waals surface area contributed by atoms with E-state index in [4.69, 9.17) is 4.74 Å². The number of benzene rings is 6. The average molecular weight is 487 g/mol. The first-order valence-electron chi connectivity index (χ1n) is 13.3. The lowest BCUT2D eigenvalue weighted by molar-refractivity contribution is 0.487. The van der Waals surface area contributed by atoms with Crippen molar-refractivity contribution in [1.82, 2.24) is 0 Å². The molecular weight excluding hydrogens is 460 g/mol. The Kier molecular flexibility index (Phi) is 4.35. The third kappa shape index (κ3) is 2.93. The summed E-state index contributed by atoms with van der Waals surface area (Å²) in [6.07, 6.45) is 0. The third-order valence-corrected chi connectivity index (χ3v) is 8.49. The molecule has 0 fully saturated rings. The Balaban J connectivity index is 1.28. The normalized spacial score (nSPS) is 13.9. The van der Waals surface area contributed by atoms with Crippen LogP contribution in [-0.4, -0.2) is 0 Å². The molecule has 0 unspecified atom stereocenters. The van der Waals surface area contributed by atoms with Gasteiger partial charge in [-0.15, -0.1) is 0 Å². The molecule has 1 aliphatic heterocycles. The molecule has 6 aromatic carbocycles. The number of hydrogen-bond acceptors (Lipinski definition) is 1. The van der Waals surface area contributed by atoms with E-state index in [2.05, 4.69) is 135 Å². The highest BCUT2D eigenvalue weighted by atomic mass is 16.5. The molecule has 2 aliphatic rings. The van der Waals surface area contributed by atoms with Crippen molar-refractivity contribution in [3.05, 3.63) is 132 Å². The van der Waals surface area contributed by atoms with Gasteiger partial charge in [-0.25, -0.2) is 0 Å². The minimum Gasteiger partial charge on any atom is -0.456 e. The third-order valence-electron chi connectivity index (χ3n) is 8.49. The molecule has 0 bridgehead atoms. The summed E-state index contributed by atoms with van der Waals surface area (Å²) in [5, 5.41) is 2.39. The van der Waals surface area contributed by atoms with E-state index >= 15 is 0 Å². The maximum Gasteiger partial charge on any atom is 0.135 e. The molecule has 0 radical (unpaired) electrons. The molecule has 8 rings (SSSR count). The van der Waals surface area contributed by atoms with Crippen molar-refractivity contribution in [3.8, 4) is 56.0 Å². The molecule has 0 aromatic heterocycles. The van der Waals surface area contributed by atoms with Crippen LogP contribution in [0.3, 0.4) is 0 Å². The Morgan fingerprint density at radius 2 is 1.08 bits per heavy atom. The molecule has 0 N–H and O–H groups in total. The van der Waals surface area contributed by atoms with E-state index in [1.165, 1.54) is 60.8 Å². The van der Waals surface area contributed by atoms with Crippen LogP contribution in [0.4, 0.5) is 0 Å². The molecular formula is C37H26O. The molecule has 0 amide bonds. The predicted molar refractivity (Wildman–Crippen MR) is 158 cm³/mol. The van der Waals surface area contributed by atoms with E-state index in [1.54, 1.807) is 0 Å². The van der Waals surface area contributed by atoms with Gasteiger partial charge in [-0.1, -0.05) is 111 Å². The molecule has 6 aromatic rings. The summed E-state index contributed by atoms with van der Waals surface area (Å²) in [6.45, 7) is 4.69. The summed E-state index contributed by atoms with van der Waals surface area (Å²) < 4.78 is 6.36. The first-order valence-corrected chi connectivity index (χ1v) is 13.3. The fourth-order valence-corrected chi connectivity index (χ4v) is 6.59. The van der Waals surface area contributed by atoms with E-state index < -0.39 is 0 Å². The summed E-state index contributed by atoms with van der Waals surface area (Å²) in [5.74, 6) is 1.84. The van der Waals surface area contributed by atoms with E-state index in [9.17, 15) is 0 Å². The first kappa shape index (κ1) is 21.5. The predicted octanol–water partition coefficient (Wildman–Crippen LogP) is 10.3. The highest BCUT2D eigenvalue weighted by Crippen LogP contribution is 2.51. The Labute approximate surface area is 223 Å². The second-order valence-corrected chi connectivity index (χ2v) is 10.9. The molecule has 0 saturated carbocycles. The number of rotatable bonds is 2. The van der Waals surface area contributed by atoms with Crippen LogP contribution in [0.15, 0.2) is 121 Å². The van der Waals surface area contributed by atoms with Crippen molar-refractivity contribution in [1.29, 1.82) is 0 Å². The van der Waals surface area contributed by atoms with Gasteiger partial charge in [0.25, 0.3) is 0 Å². The van der Waals surface area contributed by atoms with Gasteiger partial charge in [-0.3, -0.25) is 0 Å². The largest absolute Gasteiger partial charge is 0.456 e. The minimum absolute atomic E-state index is 0.0217. The maximum atomic E-state index is 6.36. The van der Waals surface area contributed by atoms with Crippen molar-refractivity contribution in [2.75, 3.05) is 0 Å². The number of hydrogen-bond donors (Lipinski definition) is 0. The molecule has 0 atom stereocenters. The van der Waals surface area contributed by atoms with Crippen molar-refractivity contribution in [2.24, 2.45) is 0 Å². The van der Waals surface area contributed by atoms with Crippen LogP contribution in [-0.2, 0) is 5.41 Å². The number of ether oxygens (including phenoxy) is 1. The zero-order chi connectivity index (χ0) is 25.4. The lowest BCUT2D eigenvalue weighted by atomic mass is 9.81. The van der Waals surface area contributed by atoms with Gasteiger partial charge in [-0.2, -0.15) is 0 Å². The Hall–Kier alpha value is -4.62. The van der Waals surface area contributed by atoms with Gasteiger partial charge in [-0.05, 0) is 79.7 Å². The molecule has 1 heterocycles. The SMILES string of the molecule is CC1(C)c2ccccc2-c2ccc(-c3ccccc3-c3ccc4c(c3)-c3cccc5cccc(c35)O4)cc21. The molecule has 0 spiro atoms. The standard InChI is InChI=1S/C37H26O/c1-37(2)32-15-6-5-13-28(32)29-19-17-25(22-33(29)37)27-12-4-3-11-26(27)24-18-20-34-31(21-24)30-14-7-9-23-10-8-16-35(38-34)36(23)30/h3-22H,1-2H3.